The van der Waals surface area contributed by atoms with Crippen LogP contribution in [0.15, 0.2) is 78.9 Å². The second-order valence-corrected chi connectivity index (χ2v) is 8.72. The quantitative estimate of drug-likeness (QED) is 0.249. The van der Waals surface area contributed by atoms with Crippen molar-refractivity contribution in [1.82, 2.24) is 0 Å². The van der Waals surface area contributed by atoms with Gasteiger partial charge in [-0.2, -0.15) is 0 Å². The molecule has 0 spiro atoms. The molecule has 0 bridgehead atoms. The Morgan fingerprint density at radius 1 is 1.06 bits per heavy atom. The summed E-state index contributed by atoms with van der Waals surface area (Å²) in [6.45, 7) is 5.40. The van der Waals surface area contributed by atoms with Gasteiger partial charge in [-0.1, -0.05) is 55.8 Å². The van der Waals surface area contributed by atoms with Gasteiger partial charge >= 0.3 is 6.09 Å². The average Bonchev–Trinajstić information content (AvgIpc) is 2.81. The SMILES string of the molecule is Cc1ccc(NC(=O)O[C@H](c2ccc(O)c(F)c2)C(C)(C)/C=C/C(=O)Nc2ccccc2N)cc1. The van der Waals surface area contributed by atoms with Gasteiger partial charge in [0.1, 0.15) is 6.10 Å². The highest BCUT2D eigenvalue weighted by molar-refractivity contribution is 6.01. The maximum atomic E-state index is 14.1. The number of rotatable bonds is 7. The number of carbonyl (C=O) groups is 2. The third-order valence-corrected chi connectivity index (χ3v) is 5.36. The molecule has 35 heavy (non-hydrogen) atoms. The number of anilines is 3. The van der Waals surface area contributed by atoms with Gasteiger partial charge in [-0.15, -0.1) is 0 Å². The summed E-state index contributed by atoms with van der Waals surface area (Å²) in [4.78, 5) is 25.2. The zero-order chi connectivity index (χ0) is 25.6. The Balaban J connectivity index is 1.83. The normalized spacial score (nSPS) is 12.2. The summed E-state index contributed by atoms with van der Waals surface area (Å²) in [5, 5.41) is 14.9. The molecular formula is C27H28FN3O4. The van der Waals surface area contributed by atoms with Crippen molar-refractivity contribution in [2.24, 2.45) is 5.41 Å². The molecule has 0 saturated heterocycles. The van der Waals surface area contributed by atoms with Crippen molar-refractivity contribution >= 4 is 29.1 Å². The van der Waals surface area contributed by atoms with Crippen LogP contribution in [0.25, 0.3) is 0 Å². The summed E-state index contributed by atoms with van der Waals surface area (Å²) in [7, 11) is 0. The maximum absolute atomic E-state index is 14.1. The molecule has 0 fully saturated rings. The third kappa shape index (κ3) is 6.83. The van der Waals surface area contributed by atoms with E-state index < -0.39 is 35.1 Å². The second-order valence-electron chi connectivity index (χ2n) is 8.72. The van der Waals surface area contributed by atoms with E-state index in [9.17, 15) is 19.1 Å². The van der Waals surface area contributed by atoms with Crippen LogP contribution in [0.4, 0.5) is 26.2 Å². The van der Waals surface area contributed by atoms with Crippen LogP contribution in [0.3, 0.4) is 0 Å². The number of benzene rings is 3. The van der Waals surface area contributed by atoms with Gasteiger partial charge in [0.25, 0.3) is 0 Å². The van der Waals surface area contributed by atoms with Gasteiger partial charge in [0, 0.05) is 11.1 Å². The van der Waals surface area contributed by atoms with Crippen LogP contribution in [0, 0.1) is 18.2 Å². The first-order valence-electron chi connectivity index (χ1n) is 10.9. The number of nitrogen functional groups attached to an aromatic ring is 1. The molecule has 5 N–H and O–H groups in total. The molecular weight excluding hydrogens is 449 g/mol. The number of phenols is 1. The monoisotopic (exact) mass is 477 g/mol. The van der Waals surface area contributed by atoms with Crippen molar-refractivity contribution in [2.75, 3.05) is 16.4 Å². The number of halogens is 1. The van der Waals surface area contributed by atoms with Crippen molar-refractivity contribution in [1.29, 1.82) is 0 Å². The van der Waals surface area contributed by atoms with Crippen molar-refractivity contribution in [2.45, 2.75) is 26.9 Å². The van der Waals surface area contributed by atoms with E-state index in [2.05, 4.69) is 10.6 Å². The number of nitrogens with two attached hydrogens (primary N) is 1. The average molecular weight is 478 g/mol. The third-order valence-electron chi connectivity index (χ3n) is 5.36. The highest BCUT2D eigenvalue weighted by atomic mass is 19.1. The summed E-state index contributed by atoms with van der Waals surface area (Å²) in [5.41, 5.74) is 7.67. The highest BCUT2D eigenvalue weighted by Crippen LogP contribution is 2.39. The number of amides is 2. The number of hydrogen-bond donors (Lipinski definition) is 4. The van der Waals surface area contributed by atoms with E-state index >= 15 is 0 Å². The predicted molar refractivity (Wildman–Crippen MR) is 134 cm³/mol. The lowest BCUT2D eigenvalue weighted by atomic mass is 9.82. The topological polar surface area (TPSA) is 114 Å². The molecule has 0 radical (unpaired) electrons. The van der Waals surface area contributed by atoms with Crippen LogP contribution >= 0.6 is 0 Å². The van der Waals surface area contributed by atoms with E-state index in [1.165, 1.54) is 18.2 Å². The zero-order valence-corrected chi connectivity index (χ0v) is 19.7. The Hall–Kier alpha value is -4.33. The van der Waals surface area contributed by atoms with E-state index in [4.69, 9.17) is 10.5 Å². The Kier molecular flexibility index (Phi) is 7.76. The van der Waals surface area contributed by atoms with E-state index in [1.807, 2.05) is 19.1 Å². The van der Waals surface area contributed by atoms with Gasteiger partial charge < -0.3 is 20.9 Å². The zero-order valence-electron chi connectivity index (χ0n) is 19.7. The van der Waals surface area contributed by atoms with Gasteiger partial charge in [-0.25, -0.2) is 9.18 Å². The molecule has 3 aromatic rings. The predicted octanol–water partition coefficient (Wildman–Crippen LogP) is 5.93. The fraction of sp³-hybridized carbons (Fsp3) is 0.185. The molecule has 2 amide bonds. The van der Waals surface area contributed by atoms with Crippen molar-refractivity contribution in [3.05, 3.63) is 95.8 Å². The Morgan fingerprint density at radius 2 is 1.74 bits per heavy atom. The summed E-state index contributed by atoms with van der Waals surface area (Å²) in [6.07, 6.45) is 1.12. The molecule has 0 aliphatic rings. The Bertz CT molecular complexity index is 1240. The van der Waals surface area contributed by atoms with Gasteiger partial charge in [-0.05, 0) is 55.0 Å². The second kappa shape index (κ2) is 10.7. The molecule has 7 nitrogen and oxygen atoms in total. The summed E-state index contributed by atoms with van der Waals surface area (Å²) in [5.74, 6) is -1.81. The van der Waals surface area contributed by atoms with Gasteiger partial charge in [0.2, 0.25) is 5.91 Å². The smallest absolute Gasteiger partial charge is 0.412 e. The minimum Gasteiger partial charge on any atom is -0.505 e. The standard InChI is InChI=1S/C27H28FN3O4/c1-17-8-11-19(12-9-17)30-26(34)35-25(18-10-13-23(32)20(28)16-18)27(2,3)15-14-24(33)31-22-7-5-4-6-21(22)29/h4-16,25,32H,29H2,1-3H3,(H,30,34)(H,31,33)/b15-14+/t25-/m1/s1. The molecule has 182 valence electrons. The molecule has 3 rings (SSSR count). The Morgan fingerprint density at radius 3 is 2.40 bits per heavy atom. The molecule has 8 heteroatoms. The lowest BCUT2D eigenvalue weighted by Crippen LogP contribution is -2.28. The number of para-hydroxylation sites is 2. The van der Waals surface area contributed by atoms with Crippen LogP contribution in [0.2, 0.25) is 0 Å². The molecule has 0 aliphatic carbocycles. The van der Waals surface area contributed by atoms with Crippen LogP contribution in [0.1, 0.15) is 31.1 Å². The van der Waals surface area contributed by atoms with Gasteiger partial charge in [0.15, 0.2) is 11.6 Å². The van der Waals surface area contributed by atoms with Gasteiger partial charge in [-0.3, -0.25) is 10.1 Å². The lowest BCUT2D eigenvalue weighted by Gasteiger charge is -2.31. The van der Waals surface area contributed by atoms with E-state index in [0.29, 0.717) is 22.6 Å². The van der Waals surface area contributed by atoms with E-state index in [1.54, 1.807) is 56.3 Å². The van der Waals surface area contributed by atoms with Crippen LogP contribution < -0.4 is 16.4 Å². The minimum atomic E-state index is -0.992. The summed E-state index contributed by atoms with van der Waals surface area (Å²) >= 11 is 0. The van der Waals surface area contributed by atoms with Crippen LogP contribution in [-0.4, -0.2) is 17.1 Å². The molecule has 0 aromatic heterocycles. The van der Waals surface area contributed by atoms with Crippen molar-refractivity contribution < 1.29 is 23.8 Å². The van der Waals surface area contributed by atoms with E-state index in [-0.39, 0.29) is 0 Å². The number of hydrogen-bond acceptors (Lipinski definition) is 5. The lowest BCUT2D eigenvalue weighted by molar-refractivity contribution is -0.112. The number of phenolic OH excluding ortho intramolecular Hbond substituents is 1. The summed E-state index contributed by atoms with van der Waals surface area (Å²) < 4.78 is 19.8. The number of aromatic hydroxyl groups is 1. The van der Waals surface area contributed by atoms with Crippen LogP contribution in [-0.2, 0) is 9.53 Å². The molecule has 0 aliphatic heterocycles. The first-order valence-corrected chi connectivity index (χ1v) is 10.9. The largest absolute Gasteiger partial charge is 0.505 e. The van der Waals surface area contributed by atoms with Crippen LogP contribution in [0.5, 0.6) is 5.75 Å². The fourth-order valence-electron chi connectivity index (χ4n) is 3.39. The molecule has 1 atom stereocenters. The molecule has 0 saturated carbocycles. The molecule has 0 heterocycles. The Labute approximate surface area is 203 Å². The molecule has 0 unspecified atom stereocenters. The van der Waals surface area contributed by atoms with E-state index in [0.717, 1.165) is 11.6 Å². The number of ether oxygens (including phenoxy) is 1. The maximum Gasteiger partial charge on any atom is 0.412 e. The van der Waals surface area contributed by atoms with Gasteiger partial charge in [0.05, 0.1) is 11.4 Å². The number of nitrogens with one attached hydrogen (secondary N) is 2. The highest BCUT2D eigenvalue weighted by Gasteiger charge is 2.33. The first-order chi connectivity index (χ1) is 16.5. The minimum absolute atomic E-state index is 0.307. The summed E-state index contributed by atoms with van der Waals surface area (Å²) in [6, 6.07) is 17.7. The number of aryl methyl sites for hydroxylation is 1. The number of carbonyl (C=O) groups excluding carboxylic acids is 2. The fourth-order valence-corrected chi connectivity index (χ4v) is 3.39. The van der Waals surface area contributed by atoms with Crippen molar-refractivity contribution in [3.63, 3.8) is 0 Å². The van der Waals surface area contributed by atoms with Crippen molar-refractivity contribution in [3.8, 4) is 5.75 Å². The first kappa shape index (κ1) is 25.3. The molecule has 3 aromatic carbocycles.